The summed E-state index contributed by atoms with van der Waals surface area (Å²) in [5, 5.41) is 5.22. The third-order valence-electron chi connectivity index (χ3n) is 2.75. The van der Waals surface area contributed by atoms with Crippen LogP contribution in [0.3, 0.4) is 0 Å². The van der Waals surface area contributed by atoms with Crippen molar-refractivity contribution in [2.45, 2.75) is 13.5 Å². The molecule has 3 heterocycles. The molecular formula is C12H11FN4S. The molecule has 0 aliphatic rings. The van der Waals surface area contributed by atoms with Crippen LogP contribution in [0.15, 0.2) is 29.9 Å². The fraction of sp³-hybridized carbons (Fsp3) is 0.167. The summed E-state index contributed by atoms with van der Waals surface area (Å²) in [5.41, 5.74) is 2.90. The highest BCUT2D eigenvalue weighted by atomic mass is 32.1. The fourth-order valence-electron chi connectivity index (χ4n) is 1.82. The summed E-state index contributed by atoms with van der Waals surface area (Å²) in [5.74, 6) is -0.471. The van der Waals surface area contributed by atoms with Crippen LogP contribution in [0, 0.1) is 12.9 Å². The van der Waals surface area contributed by atoms with Crippen LogP contribution in [-0.4, -0.2) is 14.4 Å². The quantitative estimate of drug-likeness (QED) is 0.738. The predicted molar refractivity (Wildman–Crippen MR) is 69.3 cm³/mol. The molecular weight excluding hydrogens is 251 g/mol. The van der Waals surface area contributed by atoms with Gasteiger partial charge in [0.25, 0.3) is 0 Å². The molecule has 3 aromatic heterocycles. The van der Waals surface area contributed by atoms with Gasteiger partial charge in [-0.15, -0.1) is 11.3 Å². The Kier molecular flexibility index (Phi) is 2.71. The number of hydrogen-bond acceptors (Lipinski definition) is 4. The summed E-state index contributed by atoms with van der Waals surface area (Å²) in [6.07, 6.45) is 3.48. The van der Waals surface area contributed by atoms with E-state index >= 15 is 0 Å². The van der Waals surface area contributed by atoms with Gasteiger partial charge in [0.1, 0.15) is 0 Å². The third kappa shape index (κ3) is 1.95. The first-order chi connectivity index (χ1) is 8.74. The van der Waals surface area contributed by atoms with E-state index in [-0.39, 0.29) is 0 Å². The average Bonchev–Trinajstić information content (AvgIpc) is 2.90. The minimum absolute atomic E-state index is 0.471. The zero-order valence-corrected chi connectivity index (χ0v) is 10.5. The zero-order valence-electron chi connectivity index (χ0n) is 9.72. The van der Waals surface area contributed by atoms with Gasteiger partial charge in [0.15, 0.2) is 4.96 Å². The highest BCUT2D eigenvalue weighted by Crippen LogP contribution is 2.18. The van der Waals surface area contributed by atoms with Crippen LogP contribution in [0.4, 0.5) is 10.1 Å². The van der Waals surface area contributed by atoms with E-state index in [9.17, 15) is 4.39 Å². The number of aryl methyl sites for hydroxylation is 1. The van der Waals surface area contributed by atoms with Crippen LogP contribution in [-0.2, 0) is 6.54 Å². The van der Waals surface area contributed by atoms with E-state index in [0.29, 0.717) is 6.54 Å². The number of rotatable bonds is 3. The average molecular weight is 262 g/mol. The molecule has 0 saturated carbocycles. The number of imidazole rings is 1. The van der Waals surface area contributed by atoms with Crippen molar-refractivity contribution in [3.05, 3.63) is 47.2 Å². The van der Waals surface area contributed by atoms with Crippen LogP contribution in [0.5, 0.6) is 0 Å². The van der Waals surface area contributed by atoms with Gasteiger partial charge >= 0.3 is 0 Å². The molecule has 3 rings (SSSR count). The maximum atomic E-state index is 12.7. The summed E-state index contributed by atoms with van der Waals surface area (Å²) < 4.78 is 14.7. The molecule has 0 aromatic carbocycles. The van der Waals surface area contributed by atoms with Crippen molar-refractivity contribution in [3.63, 3.8) is 0 Å². The van der Waals surface area contributed by atoms with Gasteiger partial charge in [-0.1, -0.05) is 0 Å². The summed E-state index contributed by atoms with van der Waals surface area (Å²) in [4.78, 5) is 9.06. The van der Waals surface area contributed by atoms with Gasteiger partial charge in [-0.3, -0.25) is 4.40 Å². The summed E-state index contributed by atoms with van der Waals surface area (Å²) in [7, 11) is 0. The minimum Gasteiger partial charge on any atom is -0.378 e. The van der Waals surface area contributed by atoms with Crippen LogP contribution in [0.1, 0.15) is 11.4 Å². The lowest BCUT2D eigenvalue weighted by Crippen LogP contribution is -2.03. The van der Waals surface area contributed by atoms with Crippen molar-refractivity contribution in [2.24, 2.45) is 0 Å². The highest BCUT2D eigenvalue weighted by Gasteiger charge is 2.08. The third-order valence-corrected chi connectivity index (χ3v) is 3.51. The van der Waals surface area contributed by atoms with Crippen LogP contribution in [0.25, 0.3) is 4.96 Å². The lowest BCUT2D eigenvalue weighted by atomic mass is 10.3. The van der Waals surface area contributed by atoms with E-state index in [2.05, 4.69) is 19.7 Å². The molecule has 0 atom stereocenters. The Bertz CT molecular complexity index is 671. The number of nitrogens with one attached hydrogen (secondary N) is 1. The van der Waals surface area contributed by atoms with Crippen LogP contribution >= 0.6 is 11.3 Å². The Hall–Kier alpha value is -1.95. The summed E-state index contributed by atoms with van der Waals surface area (Å²) in [6.45, 7) is 2.62. The molecule has 3 aromatic rings. The van der Waals surface area contributed by atoms with E-state index in [4.69, 9.17) is 0 Å². The summed E-state index contributed by atoms with van der Waals surface area (Å²) in [6, 6.07) is 3.01. The van der Waals surface area contributed by atoms with Gasteiger partial charge in [-0.25, -0.2) is 9.97 Å². The van der Waals surface area contributed by atoms with Crippen LogP contribution < -0.4 is 5.32 Å². The topological polar surface area (TPSA) is 42.2 Å². The van der Waals surface area contributed by atoms with E-state index < -0.39 is 5.95 Å². The normalized spacial score (nSPS) is 11.0. The number of hydrogen-bond donors (Lipinski definition) is 1. The fourth-order valence-corrected chi connectivity index (χ4v) is 2.60. The standard InChI is InChI=1S/C12H11FN4S/c1-8-10(17-4-5-18-12(17)16-8)7-14-9-2-3-11(13)15-6-9/h2-6,14H,7H2,1H3. The second kappa shape index (κ2) is 4.38. The van der Waals surface area contributed by atoms with Gasteiger partial charge in [0, 0.05) is 11.6 Å². The molecule has 0 aliphatic carbocycles. The molecule has 0 radical (unpaired) electrons. The van der Waals surface area contributed by atoms with Gasteiger partial charge in [0.2, 0.25) is 5.95 Å². The first-order valence-electron chi connectivity index (χ1n) is 5.50. The molecule has 6 heteroatoms. The lowest BCUT2D eigenvalue weighted by molar-refractivity contribution is 0.584. The molecule has 4 nitrogen and oxygen atoms in total. The number of pyridine rings is 1. The second-order valence-electron chi connectivity index (χ2n) is 3.92. The van der Waals surface area contributed by atoms with Gasteiger partial charge in [-0.05, 0) is 19.1 Å². The molecule has 0 spiro atoms. The molecule has 1 N–H and O–H groups in total. The Morgan fingerprint density at radius 1 is 1.44 bits per heavy atom. The van der Waals surface area contributed by atoms with Crippen molar-refractivity contribution in [2.75, 3.05) is 5.32 Å². The number of halogens is 1. The predicted octanol–water partition coefficient (Wildman–Crippen LogP) is 2.85. The van der Waals surface area contributed by atoms with Crippen LogP contribution in [0.2, 0.25) is 0 Å². The summed E-state index contributed by atoms with van der Waals surface area (Å²) >= 11 is 1.61. The van der Waals surface area contributed by atoms with Gasteiger partial charge in [-0.2, -0.15) is 4.39 Å². The van der Waals surface area contributed by atoms with Crippen molar-refractivity contribution in [3.8, 4) is 0 Å². The molecule has 0 fully saturated rings. The van der Waals surface area contributed by atoms with E-state index in [1.54, 1.807) is 17.4 Å². The minimum atomic E-state index is -0.471. The largest absolute Gasteiger partial charge is 0.378 e. The molecule has 0 saturated heterocycles. The van der Waals surface area contributed by atoms with Crippen molar-refractivity contribution in [1.82, 2.24) is 14.4 Å². The van der Waals surface area contributed by atoms with Crippen molar-refractivity contribution < 1.29 is 4.39 Å². The lowest BCUT2D eigenvalue weighted by Gasteiger charge is -2.05. The Morgan fingerprint density at radius 2 is 2.33 bits per heavy atom. The molecule has 92 valence electrons. The Labute approximate surface area is 107 Å². The highest BCUT2D eigenvalue weighted by molar-refractivity contribution is 7.15. The zero-order chi connectivity index (χ0) is 12.5. The first-order valence-corrected chi connectivity index (χ1v) is 6.38. The molecule has 0 amide bonds. The van der Waals surface area contributed by atoms with Crippen molar-refractivity contribution in [1.29, 1.82) is 0 Å². The number of nitrogens with zero attached hydrogens (tertiary/aromatic N) is 3. The molecule has 18 heavy (non-hydrogen) atoms. The maximum absolute atomic E-state index is 12.7. The van der Waals surface area contributed by atoms with Gasteiger partial charge < -0.3 is 5.32 Å². The Morgan fingerprint density at radius 3 is 3.11 bits per heavy atom. The monoisotopic (exact) mass is 262 g/mol. The number of aromatic nitrogens is 3. The number of anilines is 1. The molecule has 0 aliphatic heterocycles. The number of fused-ring (bicyclic) bond motifs is 1. The van der Waals surface area contributed by atoms with E-state index in [1.807, 2.05) is 18.5 Å². The van der Waals surface area contributed by atoms with E-state index in [0.717, 1.165) is 22.0 Å². The number of thiazole rings is 1. The van der Waals surface area contributed by atoms with Crippen molar-refractivity contribution >= 4 is 22.0 Å². The second-order valence-corrected chi connectivity index (χ2v) is 4.80. The van der Waals surface area contributed by atoms with E-state index in [1.165, 1.54) is 12.3 Å². The molecule has 0 unspecified atom stereocenters. The first kappa shape index (κ1) is 11.2. The maximum Gasteiger partial charge on any atom is 0.212 e. The Balaban J connectivity index is 1.82. The SMILES string of the molecule is Cc1nc2sccn2c1CNc1ccc(F)nc1. The van der Waals surface area contributed by atoms with Gasteiger partial charge in [0.05, 0.1) is 29.8 Å². The molecule has 0 bridgehead atoms. The smallest absolute Gasteiger partial charge is 0.212 e.